The standard InChI is InChI=1S/C17H19NO/c1-3-16(4-2)18-12-17(19)15-10-9-13-7-5-6-8-14(13)11-15/h1,5-11,16-19H,4,12H2,2H3. The van der Waals surface area contributed by atoms with Crippen LogP contribution in [0.15, 0.2) is 42.5 Å². The number of aliphatic hydroxyl groups is 1. The van der Waals surface area contributed by atoms with Crippen molar-refractivity contribution in [3.8, 4) is 12.3 Å². The molecule has 0 saturated heterocycles. The molecule has 0 amide bonds. The van der Waals surface area contributed by atoms with E-state index in [1.165, 1.54) is 5.39 Å². The zero-order valence-corrected chi connectivity index (χ0v) is 11.1. The molecule has 0 aromatic heterocycles. The molecule has 2 N–H and O–H groups in total. The Morgan fingerprint density at radius 1 is 1.21 bits per heavy atom. The second-order valence-corrected chi connectivity index (χ2v) is 4.66. The maximum Gasteiger partial charge on any atom is 0.0915 e. The molecule has 98 valence electrons. The molecule has 2 aromatic carbocycles. The van der Waals surface area contributed by atoms with E-state index in [2.05, 4.69) is 23.4 Å². The number of hydrogen-bond acceptors (Lipinski definition) is 2. The van der Waals surface area contributed by atoms with Crippen LogP contribution < -0.4 is 5.32 Å². The van der Waals surface area contributed by atoms with Crippen molar-refractivity contribution < 1.29 is 5.11 Å². The van der Waals surface area contributed by atoms with Gasteiger partial charge in [-0.1, -0.05) is 49.2 Å². The lowest BCUT2D eigenvalue weighted by Crippen LogP contribution is -2.31. The molecule has 2 rings (SSSR count). The molecule has 19 heavy (non-hydrogen) atoms. The molecule has 0 radical (unpaired) electrons. The Bertz CT molecular complexity index is 585. The van der Waals surface area contributed by atoms with Crippen molar-refractivity contribution in [2.75, 3.05) is 6.54 Å². The predicted octanol–water partition coefficient (Wildman–Crippen LogP) is 2.87. The largest absolute Gasteiger partial charge is 0.387 e. The Labute approximate surface area is 114 Å². The Morgan fingerprint density at radius 3 is 2.63 bits per heavy atom. The van der Waals surface area contributed by atoms with Crippen LogP contribution in [0, 0.1) is 12.3 Å². The minimum Gasteiger partial charge on any atom is -0.387 e. The lowest BCUT2D eigenvalue weighted by Gasteiger charge is -2.16. The van der Waals surface area contributed by atoms with Gasteiger partial charge in [-0.3, -0.25) is 0 Å². The van der Waals surface area contributed by atoms with Crippen LogP contribution >= 0.6 is 0 Å². The summed E-state index contributed by atoms with van der Waals surface area (Å²) in [7, 11) is 0. The van der Waals surface area contributed by atoms with Gasteiger partial charge in [0.15, 0.2) is 0 Å². The van der Waals surface area contributed by atoms with Gasteiger partial charge in [-0.05, 0) is 28.8 Å². The molecular formula is C17H19NO. The minimum absolute atomic E-state index is 0.0232. The highest BCUT2D eigenvalue weighted by Crippen LogP contribution is 2.20. The maximum absolute atomic E-state index is 10.2. The van der Waals surface area contributed by atoms with Crippen LogP contribution in [0.25, 0.3) is 10.8 Å². The van der Waals surface area contributed by atoms with E-state index in [0.717, 1.165) is 17.4 Å². The average Bonchev–Trinajstić information content (AvgIpc) is 2.47. The van der Waals surface area contributed by atoms with Crippen molar-refractivity contribution in [1.29, 1.82) is 0 Å². The normalized spacial score (nSPS) is 13.9. The summed E-state index contributed by atoms with van der Waals surface area (Å²) in [6.07, 6.45) is 5.72. The highest BCUT2D eigenvalue weighted by molar-refractivity contribution is 5.83. The lowest BCUT2D eigenvalue weighted by molar-refractivity contribution is 0.172. The van der Waals surface area contributed by atoms with Gasteiger partial charge in [-0.15, -0.1) is 6.42 Å². The van der Waals surface area contributed by atoms with Crippen LogP contribution in [0.3, 0.4) is 0 Å². The van der Waals surface area contributed by atoms with E-state index < -0.39 is 6.10 Å². The molecule has 0 heterocycles. The Kier molecular flexibility index (Phi) is 4.57. The molecule has 0 fully saturated rings. The first-order chi connectivity index (χ1) is 9.24. The van der Waals surface area contributed by atoms with Gasteiger partial charge < -0.3 is 10.4 Å². The molecule has 0 aliphatic rings. The van der Waals surface area contributed by atoms with E-state index in [1.54, 1.807) is 0 Å². The Balaban J connectivity index is 2.09. The molecule has 0 aliphatic heterocycles. The van der Waals surface area contributed by atoms with E-state index in [0.29, 0.717) is 6.54 Å². The molecule has 0 bridgehead atoms. The van der Waals surface area contributed by atoms with Crippen molar-refractivity contribution in [1.82, 2.24) is 5.32 Å². The van der Waals surface area contributed by atoms with Crippen LogP contribution in [0.2, 0.25) is 0 Å². The summed E-state index contributed by atoms with van der Waals surface area (Å²) in [6.45, 7) is 2.50. The zero-order chi connectivity index (χ0) is 13.7. The SMILES string of the molecule is C#CC(CC)NCC(O)c1ccc2ccccc2c1. The first-order valence-corrected chi connectivity index (χ1v) is 6.61. The van der Waals surface area contributed by atoms with Gasteiger partial charge in [0, 0.05) is 6.54 Å². The second-order valence-electron chi connectivity index (χ2n) is 4.66. The minimum atomic E-state index is -0.535. The van der Waals surface area contributed by atoms with Crippen LogP contribution in [-0.2, 0) is 0 Å². The van der Waals surface area contributed by atoms with Gasteiger partial charge in [0.25, 0.3) is 0 Å². The quantitative estimate of drug-likeness (QED) is 0.803. The third-order valence-corrected chi connectivity index (χ3v) is 3.33. The number of nitrogens with one attached hydrogen (secondary N) is 1. The highest BCUT2D eigenvalue weighted by atomic mass is 16.3. The van der Waals surface area contributed by atoms with E-state index in [1.807, 2.05) is 37.3 Å². The van der Waals surface area contributed by atoms with Gasteiger partial charge in [-0.25, -0.2) is 0 Å². The summed E-state index contributed by atoms with van der Waals surface area (Å²) in [5.41, 5.74) is 0.915. The summed E-state index contributed by atoms with van der Waals surface area (Å²) in [4.78, 5) is 0. The molecular weight excluding hydrogens is 234 g/mol. The van der Waals surface area contributed by atoms with Gasteiger partial charge in [0.2, 0.25) is 0 Å². The zero-order valence-electron chi connectivity index (χ0n) is 11.1. The Morgan fingerprint density at radius 2 is 1.95 bits per heavy atom. The average molecular weight is 253 g/mol. The smallest absolute Gasteiger partial charge is 0.0915 e. The summed E-state index contributed by atoms with van der Waals surface area (Å²) in [5, 5.41) is 15.7. The fraction of sp³-hybridized carbons (Fsp3) is 0.294. The van der Waals surface area contributed by atoms with E-state index in [-0.39, 0.29) is 6.04 Å². The molecule has 2 atom stereocenters. The molecule has 2 nitrogen and oxygen atoms in total. The van der Waals surface area contributed by atoms with E-state index >= 15 is 0 Å². The first kappa shape index (κ1) is 13.6. The number of terminal acetylenes is 1. The molecule has 2 aromatic rings. The monoisotopic (exact) mass is 253 g/mol. The van der Waals surface area contributed by atoms with Crippen molar-refractivity contribution >= 4 is 10.8 Å². The van der Waals surface area contributed by atoms with Crippen LogP contribution in [0.1, 0.15) is 25.0 Å². The third-order valence-electron chi connectivity index (χ3n) is 3.33. The molecule has 0 aliphatic carbocycles. The summed E-state index contributed by atoms with van der Waals surface area (Å²) in [6, 6.07) is 14.2. The van der Waals surface area contributed by atoms with Crippen LogP contribution in [-0.4, -0.2) is 17.7 Å². The van der Waals surface area contributed by atoms with Gasteiger partial charge >= 0.3 is 0 Å². The predicted molar refractivity (Wildman–Crippen MR) is 79.8 cm³/mol. The fourth-order valence-corrected chi connectivity index (χ4v) is 2.11. The van der Waals surface area contributed by atoms with E-state index in [4.69, 9.17) is 6.42 Å². The topological polar surface area (TPSA) is 32.3 Å². The van der Waals surface area contributed by atoms with Crippen molar-refractivity contribution in [2.24, 2.45) is 0 Å². The van der Waals surface area contributed by atoms with Gasteiger partial charge in [-0.2, -0.15) is 0 Å². The maximum atomic E-state index is 10.2. The van der Waals surface area contributed by atoms with Crippen molar-refractivity contribution in [3.05, 3.63) is 48.0 Å². The highest BCUT2D eigenvalue weighted by Gasteiger charge is 2.10. The number of fused-ring (bicyclic) bond motifs is 1. The second kappa shape index (κ2) is 6.38. The number of benzene rings is 2. The Hall–Kier alpha value is -1.82. The van der Waals surface area contributed by atoms with Crippen molar-refractivity contribution in [2.45, 2.75) is 25.5 Å². The molecule has 2 heteroatoms. The fourth-order valence-electron chi connectivity index (χ4n) is 2.11. The van der Waals surface area contributed by atoms with Crippen LogP contribution in [0.4, 0.5) is 0 Å². The van der Waals surface area contributed by atoms with E-state index in [9.17, 15) is 5.11 Å². The number of aliphatic hydroxyl groups excluding tert-OH is 1. The number of hydrogen-bond donors (Lipinski definition) is 2. The lowest BCUT2D eigenvalue weighted by atomic mass is 10.0. The third kappa shape index (κ3) is 3.35. The van der Waals surface area contributed by atoms with Crippen LogP contribution in [0.5, 0.6) is 0 Å². The molecule has 2 unspecified atom stereocenters. The number of rotatable bonds is 5. The van der Waals surface area contributed by atoms with Gasteiger partial charge in [0.1, 0.15) is 0 Å². The molecule has 0 saturated carbocycles. The first-order valence-electron chi connectivity index (χ1n) is 6.61. The molecule has 0 spiro atoms. The van der Waals surface area contributed by atoms with Crippen molar-refractivity contribution in [3.63, 3.8) is 0 Å². The summed E-state index contributed by atoms with van der Waals surface area (Å²) in [5.74, 6) is 2.67. The summed E-state index contributed by atoms with van der Waals surface area (Å²) >= 11 is 0. The van der Waals surface area contributed by atoms with Gasteiger partial charge in [0.05, 0.1) is 12.1 Å². The summed E-state index contributed by atoms with van der Waals surface area (Å²) < 4.78 is 0.